The fourth-order valence-electron chi connectivity index (χ4n) is 14.8. The van der Waals surface area contributed by atoms with E-state index in [-0.39, 0.29) is 60.8 Å². The summed E-state index contributed by atoms with van der Waals surface area (Å²) in [7, 11) is -11.2. The quantitative estimate of drug-likeness (QED) is 0.0226. The molecule has 20 nitrogen and oxygen atoms in total. The number of hydrogen-bond acceptors (Lipinski definition) is 17. The van der Waals surface area contributed by atoms with Crippen molar-refractivity contribution in [2.24, 2.45) is 10.8 Å². The first-order chi connectivity index (χ1) is 51.7. The fourth-order valence-corrected chi connectivity index (χ4v) is 18.8. The number of unbranched alkanes of at least 4 members (excludes halogenated alkanes) is 2. The lowest BCUT2D eigenvalue weighted by molar-refractivity contribution is -0.144. The third-order valence-corrected chi connectivity index (χ3v) is 26.4. The third kappa shape index (κ3) is 21.0. The van der Waals surface area contributed by atoms with Gasteiger partial charge in [-0.25, -0.2) is 26.5 Å². The number of thioether (sulfide) groups is 1. The summed E-state index contributed by atoms with van der Waals surface area (Å²) in [6.07, 6.45) is 4.29. The zero-order valence-corrected chi connectivity index (χ0v) is 66.7. The van der Waals surface area contributed by atoms with Crippen molar-refractivity contribution in [1.29, 1.82) is 0 Å². The molecule has 0 saturated carbocycles. The van der Waals surface area contributed by atoms with Crippen LogP contribution in [0.15, 0.2) is 159 Å². The number of carbonyl (C=O) groups is 5. The number of rotatable bonds is 28. The second kappa shape index (κ2) is 35.2. The Balaban J connectivity index is 0.665. The number of aliphatic hydroxyl groups is 1. The number of nitrogens with zero attached hydrogens (tertiary/aromatic N) is 6. The van der Waals surface area contributed by atoms with Gasteiger partial charge in [-0.15, -0.1) is 23.1 Å². The molecule has 7 aromatic rings. The third-order valence-electron chi connectivity index (χ3n) is 21.1. The van der Waals surface area contributed by atoms with Crippen molar-refractivity contribution in [2.45, 2.75) is 163 Å². The Morgan fingerprint density at radius 2 is 1.44 bits per heavy atom. The van der Waals surface area contributed by atoms with Gasteiger partial charge in [-0.1, -0.05) is 125 Å². The zero-order valence-electron chi connectivity index (χ0n) is 62.7. The molecule has 5 N–H and O–H groups in total. The van der Waals surface area contributed by atoms with Crippen molar-refractivity contribution in [3.05, 3.63) is 172 Å². The predicted octanol–water partition coefficient (Wildman–Crippen LogP) is 13.6. The van der Waals surface area contributed by atoms with Gasteiger partial charge in [-0.05, 0) is 163 Å². The summed E-state index contributed by atoms with van der Waals surface area (Å²) in [6, 6.07) is 35.1. The molecule has 1 aromatic heterocycles. The Morgan fingerprint density at radius 1 is 0.771 bits per heavy atom. The van der Waals surface area contributed by atoms with E-state index < -0.39 is 94.3 Å². The lowest BCUT2D eigenvalue weighted by Crippen LogP contribution is -2.57. The largest absolute Gasteiger partial charge is 0.501 e. The molecule has 0 spiro atoms. The molecule has 0 radical (unpaired) electrons. The number of alkyl halides is 3. The number of hydrogen-bond donors (Lipinski definition) is 5. The van der Waals surface area contributed by atoms with E-state index in [2.05, 4.69) is 61.6 Å². The summed E-state index contributed by atoms with van der Waals surface area (Å²) in [5, 5.41) is 22.4. The Labute approximate surface area is 651 Å². The smallest absolute Gasteiger partial charge is 0.391 e. The van der Waals surface area contributed by atoms with E-state index in [4.69, 9.17) is 11.6 Å². The molecule has 28 heteroatoms. The molecule has 4 aliphatic rings. The summed E-state index contributed by atoms with van der Waals surface area (Å²) < 4.78 is 101. The highest BCUT2D eigenvalue weighted by atomic mass is 35.5. The van der Waals surface area contributed by atoms with Crippen LogP contribution in [-0.2, 0) is 39.0 Å². The molecule has 5 amide bonds. The second-order valence-electron chi connectivity index (χ2n) is 30.9. The molecule has 584 valence electrons. The molecule has 3 fully saturated rings. The summed E-state index contributed by atoms with van der Waals surface area (Å²) in [5.41, 5.74) is 2.48. The van der Waals surface area contributed by atoms with Crippen LogP contribution in [0.25, 0.3) is 26.8 Å². The van der Waals surface area contributed by atoms with E-state index in [0.29, 0.717) is 76.2 Å². The van der Waals surface area contributed by atoms with Crippen LogP contribution in [-0.4, -0.2) is 184 Å². The van der Waals surface area contributed by atoms with Gasteiger partial charge in [0.1, 0.15) is 17.0 Å². The molecule has 4 heterocycles. The van der Waals surface area contributed by atoms with Gasteiger partial charge in [0, 0.05) is 124 Å². The molecule has 3 saturated heterocycles. The van der Waals surface area contributed by atoms with Crippen molar-refractivity contribution in [1.82, 2.24) is 39.9 Å². The van der Waals surface area contributed by atoms with E-state index in [9.17, 15) is 59.1 Å². The average molecular weight is 1590 g/mol. The van der Waals surface area contributed by atoms with Crippen molar-refractivity contribution in [2.75, 3.05) is 88.0 Å². The van der Waals surface area contributed by atoms with Crippen LogP contribution < -0.4 is 25.6 Å². The summed E-state index contributed by atoms with van der Waals surface area (Å²) in [6.45, 7) is 19.7. The first-order valence-electron chi connectivity index (χ1n) is 37.2. The first-order valence-corrected chi connectivity index (χ1v) is 42.4. The van der Waals surface area contributed by atoms with Crippen LogP contribution >= 0.6 is 34.7 Å². The SMILES string of the molecule is Cc1ncsc1-c1ccc([C@H](C)NC(=O)[C@@H]2C[C@@H](O)CN2C(=O)[C@@H](NC(=O)CCCCCC(=O)N2CCN(CC[C@H](CSc3ccc4ccccc4c3)Nc3ccc(S(=O)(=O)NC(=O)c4ccc(N5CCN(CC6=C(c7ccc(Cl)cc7)CCC(C)(C)C6)CC5)cc4)cc3S(=O)(=O)C(F)(F)F)CC2)C(C)(C)C)cc1. The molecular formula is C81H98ClF3N10O10S4. The molecule has 3 aliphatic heterocycles. The number of carbonyl (C=O) groups excluding carboxylic acids is 5. The minimum atomic E-state index is -6.21. The normalized spacial score (nSPS) is 18.5. The molecule has 109 heavy (non-hydrogen) atoms. The van der Waals surface area contributed by atoms with Crippen LogP contribution in [0.3, 0.4) is 0 Å². The lowest BCUT2D eigenvalue weighted by Gasteiger charge is -2.39. The van der Waals surface area contributed by atoms with E-state index in [1.54, 1.807) is 33.9 Å². The molecule has 5 atom stereocenters. The van der Waals surface area contributed by atoms with Crippen molar-refractivity contribution in [3.8, 4) is 10.4 Å². The Hall–Kier alpha value is -7.89. The number of piperazine rings is 2. The minimum absolute atomic E-state index is 0.0440. The number of amides is 5. The molecular weight excluding hydrogens is 1490 g/mol. The fraction of sp³-hybridized carbons (Fsp3) is 0.457. The highest BCUT2D eigenvalue weighted by Gasteiger charge is 2.49. The van der Waals surface area contributed by atoms with Gasteiger partial charge >= 0.3 is 5.51 Å². The maximum absolute atomic E-state index is 14.7. The number of allylic oxidation sites excluding steroid dienone is 1. The lowest BCUT2D eigenvalue weighted by atomic mass is 9.73. The summed E-state index contributed by atoms with van der Waals surface area (Å²) >= 11 is 9.19. The Kier molecular flexibility index (Phi) is 26.5. The highest BCUT2D eigenvalue weighted by molar-refractivity contribution is 7.99. The number of nitrogens with one attached hydrogen (secondary N) is 4. The monoisotopic (exact) mass is 1590 g/mol. The number of likely N-dealkylation sites (tertiary alicyclic amines) is 1. The van der Waals surface area contributed by atoms with E-state index in [1.807, 2.05) is 118 Å². The van der Waals surface area contributed by atoms with Crippen molar-refractivity contribution in [3.63, 3.8) is 0 Å². The predicted molar refractivity (Wildman–Crippen MR) is 425 cm³/mol. The topological polar surface area (TPSA) is 251 Å². The number of sulfone groups is 1. The molecule has 11 rings (SSSR count). The number of aromatic nitrogens is 1. The molecule has 0 unspecified atom stereocenters. The van der Waals surface area contributed by atoms with Crippen molar-refractivity contribution >= 4 is 112 Å². The number of halogens is 4. The van der Waals surface area contributed by atoms with Crippen LogP contribution in [0, 0.1) is 17.8 Å². The first kappa shape index (κ1) is 82.1. The maximum Gasteiger partial charge on any atom is 0.501 e. The van der Waals surface area contributed by atoms with Gasteiger partial charge in [0.2, 0.25) is 23.6 Å². The van der Waals surface area contributed by atoms with Gasteiger partial charge in [-0.2, -0.15) is 13.2 Å². The van der Waals surface area contributed by atoms with Crippen LogP contribution in [0.4, 0.5) is 24.5 Å². The van der Waals surface area contributed by atoms with E-state index >= 15 is 0 Å². The van der Waals surface area contributed by atoms with Crippen LogP contribution in [0.5, 0.6) is 0 Å². The minimum Gasteiger partial charge on any atom is -0.391 e. The number of fused-ring (bicyclic) bond motifs is 1. The van der Waals surface area contributed by atoms with Gasteiger partial charge in [0.05, 0.1) is 38.8 Å². The van der Waals surface area contributed by atoms with Gasteiger partial charge < -0.3 is 35.8 Å². The summed E-state index contributed by atoms with van der Waals surface area (Å²) in [4.78, 5) is 82.9. The maximum atomic E-state index is 14.7. The standard InChI is InChI=1S/C81H98ClF3N10O10S4/c1-53(55-17-19-58(20-18-55)74-54(2)86-52-107-74)87-77(100)70-46-65(96)50-95(70)78(101)75(79(3,4)5)89-72(97)15-9-8-10-16-73(98)94-43-37-91(38-44-94)36-34-63(51-106-66-30-25-56-13-11-12-14-60(56)45-66)88-69-32-31-67(47-71(69)108(102,103)81(83,84)85)109(104,105)90-76(99)59-23-28-64(29-24-59)93-41-39-92(40-42-93)49-61-48-80(6,7)35-33-68(61)57-21-26-62(82)27-22-57/h11-14,17-32,45,47,52-53,63,65,70,75,88,96H,8-10,15-16,33-44,46,48-51H2,1-7H3,(H,87,100)(H,89,97)(H,90,99)/t53-,63+,65+,70-,75+/m0/s1. The zero-order chi connectivity index (χ0) is 78.2. The Morgan fingerprint density at radius 3 is 2.11 bits per heavy atom. The molecule has 6 aromatic carbocycles. The number of aryl methyl sites for hydroxylation is 1. The average Bonchev–Trinajstić information content (AvgIpc) is 1.42. The van der Waals surface area contributed by atoms with Gasteiger partial charge in [-0.3, -0.25) is 33.8 Å². The van der Waals surface area contributed by atoms with Crippen LogP contribution in [0.2, 0.25) is 5.02 Å². The Bertz CT molecular complexity index is 4680. The number of β-amino-alcohol motifs (C(OH)–C–C–N with tert-alkyl or cyclic N) is 1. The number of thiazole rings is 1. The van der Waals surface area contributed by atoms with Crippen LogP contribution in [0.1, 0.15) is 139 Å². The number of benzene rings is 6. The van der Waals surface area contributed by atoms with Gasteiger partial charge in [0.15, 0.2) is 0 Å². The summed E-state index contributed by atoms with van der Waals surface area (Å²) in [5.74, 6) is -2.13. The van der Waals surface area contributed by atoms with Crippen molar-refractivity contribution < 1.29 is 59.1 Å². The second-order valence-corrected chi connectivity index (χ2v) is 36.9. The number of anilines is 2. The van der Waals surface area contributed by atoms with E-state index in [1.165, 1.54) is 45.5 Å². The number of sulfonamides is 1. The molecule has 1 aliphatic carbocycles. The van der Waals surface area contributed by atoms with E-state index in [0.717, 1.165) is 94.1 Å². The highest BCUT2D eigenvalue weighted by Crippen LogP contribution is 2.44. The van der Waals surface area contributed by atoms with Gasteiger partial charge in [0.25, 0.3) is 25.8 Å². The molecule has 0 bridgehead atoms. The number of aliphatic hydroxyl groups excluding tert-OH is 1.